The zero-order chi connectivity index (χ0) is 17.4. The fourth-order valence-electron chi connectivity index (χ4n) is 2.41. The van der Waals surface area contributed by atoms with Gasteiger partial charge in [0.2, 0.25) is 0 Å². The number of ether oxygens (including phenoxy) is 2. The van der Waals surface area contributed by atoms with E-state index >= 15 is 0 Å². The van der Waals surface area contributed by atoms with Gasteiger partial charge in [-0.05, 0) is 55.2 Å². The summed E-state index contributed by atoms with van der Waals surface area (Å²) in [5.41, 5.74) is 2.27. The highest BCUT2D eigenvalue weighted by Gasteiger charge is 2.17. The summed E-state index contributed by atoms with van der Waals surface area (Å²) >= 11 is 0. The normalized spacial score (nSPS) is 11.6. The summed E-state index contributed by atoms with van der Waals surface area (Å²) < 4.78 is 10.9. The summed E-state index contributed by atoms with van der Waals surface area (Å²) in [7, 11) is 1.65. The molecule has 0 aromatic heterocycles. The third kappa shape index (κ3) is 5.30. The summed E-state index contributed by atoms with van der Waals surface area (Å²) in [5.74, 6) is 1.49. The molecule has 0 fully saturated rings. The van der Waals surface area contributed by atoms with Crippen LogP contribution in [0.4, 0.5) is 0 Å². The number of methoxy groups -OCH3 is 1. The Morgan fingerprint density at radius 2 is 1.88 bits per heavy atom. The van der Waals surface area contributed by atoms with Gasteiger partial charge in [-0.25, -0.2) is 0 Å². The SMILES string of the molecule is CC[C@@H](Oc1cccc(C)c1)C(=O)NCCc1ccc(OC)cc1. The number of amides is 1. The van der Waals surface area contributed by atoms with Gasteiger partial charge >= 0.3 is 0 Å². The lowest BCUT2D eigenvalue weighted by Crippen LogP contribution is -2.38. The van der Waals surface area contributed by atoms with Crippen molar-refractivity contribution in [1.82, 2.24) is 5.32 Å². The molecule has 2 aromatic carbocycles. The van der Waals surface area contributed by atoms with Crippen LogP contribution in [0.25, 0.3) is 0 Å². The van der Waals surface area contributed by atoms with Crippen LogP contribution in [-0.2, 0) is 11.2 Å². The molecule has 0 bridgehead atoms. The highest BCUT2D eigenvalue weighted by molar-refractivity contribution is 5.81. The van der Waals surface area contributed by atoms with E-state index in [0.29, 0.717) is 13.0 Å². The van der Waals surface area contributed by atoms with Gasteiger partial charge in [-0.1, -0.05) is 31.2 Å². The summed E-state index contributed by atoms with van der Waals surface area (Å²) in [6.45, 7) is 4.53. The van der Waals surface area contributed by atoms with Gasteiger partial charge < -0.3 is 14.8 Å². The second-order valence-corrected chi connectivity index (χ2v) is 5.72. The van der Waals surface area contributed by atoms with Crippen molar-refractivity contribution in [3.05, 3.63) is 59.7 Å². The highest BCUT2D eigenvalue weighted by Crippen LogP contribution is 2.15. The van der Waals surface area contributed by atoms with E-state index in [-0.39, 0.29) is 5.91 Å². The fraction of sp³-hybridized carbons (Fsp3) is 0.350. The predicted molar refractivity (Wildman–Crippen MR) is 95.6 cm³/mol. The van der Waals surface area contributed by atoms with E-state index in [9.17, 15) is 4.79 Å². The summed E-state index contributed by atoms with van der Waals surface area (Å²) in [6.07, 6.45) is 0.932. The zero-order valence-corrected chi connectivity index (χ0v) is 14.5. The Bertz CT molecular complexity index is 652. The molecule has 0 aliphatic rings. The first-order chi connectivity index (χ1) is 11.6. The molecule has 0 saturated heterocycles. The lowest BCUT2D eigenvalue weighted by Gasteiger charge is -2.17. The summed E-state index contributed by atoms with van der Waals surface area (Å²) in [4.78, 5) is 12.3. The molecule has 4 nitrogen and oxygen atoms in total. The van der Waals surface area contributed by atoms with Crippen LogP contribution in [0, 0.1) is 6.92 Å². The van der Waals surface area contributed by atoms with E-state index in [0.717, 1.165) is 29.0 Å². The van der Waals surface area contributed by atoms with Gasteiger partial charge in [0.25, 0.3) is 5.91 Å². The van der Waals surface area contributed by atoms with E-state index in [1.807, 2.05) is 62.4 Å². The van der Waals surface area contributed by atoms with Gasteiger partial charge in [0.1, 0.15) is 11.5 Å². The lowest BCUT2D eigenvalue weighted by atomic mass is 10.1. The van der Waals surface area contributed by atoms with Crippen molar-refractivity contribution in [2.75, 3.05) is 13.7 Å². The van der Waals surface area contributed by atoms with Gasteiger partial charge in [-0.15, -0.1) is 0 Å². The van der Waals surface area contributed by atoms with Crippen molar-refractivity contribution in [1.29, 1.82) is 0 Å². The van der Waals surface area contributed by atoms with Crippen LogP contribution in [0.15, 0.2) is 48.5 Å². The zero-order valence-electron chi connectivity index (χ0n) is 14.5. The van der Waals surface area contributed by atoms with Crippen molar-refractivity contribution in [3.63, 3.8) is 0 Å². The number of carbonyl (C=O) groups excluding carboxylic acids is 1. The minimum atomic E-state index is -0.470. The molecule has 2 rings (SSSR count). The third-order valence-corrected chi connectivity index (χ3v) is 3.80. The van der Waals surface area contributed by atoms with Crippen molar-refractivity contribution in [2.24, 2.45) is 0 Å². The largest absolute Gasteiger partial charge is 0.497 e. The molecule has 4 heteroatoms. The Kier molecular flexibility index (Phi) is 6.67. The topological polar surface area (TPSA) is 47.6 Å². The average molecular weight is 327 g/mol. The molecule has 0 radical (unpaired) electrons. The van der Waals surface area contributed by atoms with Crippen LogP contribution in [0.1, 0.15) is 24.5 Å². The van der Waals surface area contributed by atoms with E-state index < -0.39 is 6.10 Å². The fourth-order valence-corrected chi connectivity index (χ4v) is 2.41. The number of aryl methyl sites for hydroxylation is 1. The number of hydrogen-bond donors (Lipinski definition) is 1. The van der Waals surface area contributed by atoms with Gasteiger partial charge in [0, 0.05) is 6.54 Å². The van der Waals surface area contributed by atoms with Gasteiger partial charge in [-0.2, -0.15) is 0 Å². The van der Waals surface area contributed by atoms with E-state index in [4.69, 9.17) is 9.47 Å². The molecule has 0 aliphatic carbocycles. The predicted octanol–water partition coefficient (Wildman–Crippen LogP) is 3.52. The number of carbonyl (C=O) groups is 1. The van der Waals surface area contributed by atoms with Gasteiger partial charge in [0.15, 0.2) is 6.10 Å². The van der Waals surface area contributed by atoms with E-state index in [1.165, 1.54) is 0 Å². The standard InChI is InChI=1S/C20H25NO3/c1-4-19(24-18-7-5-6-15(2)14-18)20(22)21-13-12-16-8-10-17(23-3)11-9-16/h5-11,14,19H,4,12-13H2,1-3H3,(H,21,22)/t19-/m1/s1. The van der Waals surface area contributed by atoms with Crippen LogP contribution >= 0.6 is 0 Å². The Balaban J connectivity index is 1.82. The molecule has 0 spiro atoms. The maximum atomic E-state index is 12.3. The Hall–Kier alpha value is -2.49. The third-order valence-electron chi connectivity index (χ3n) is 3.80. The minimum Gasteiger partial charge on any atom is -0.497 e. The maximum absolute atomic E-state index is 12.3. The van der Waals surface area contributed by atoms with E-state index in [2.05, 4.69) is 5.32 Å². The average Bonchev–Trinajstić information content (AvgIpc) is 2.60. The Morgan fingerprint density at radius 3 is 2.50 bits per heavy atom. The van der Waals surface area contributed by atoms with Gasteiger partial charge in [0.05, 0.1) is 7.11 Å². The summed E-state index contributed by atoms with van der Waals surface area (Å²) in [6, 6.07) is 15.6. The van der Waals surface area contributed by atoms with Crippen molar-refractivity contribution in [3.8, 4) is 11.5 Å². The first kappa shape index (κ1) is 17.9. The monoisotopic (exact) mass is 327 g/mol. The van der Waals surface area contributed by atoms with Crippen molar-refractivity contribution >= 4 is 5.91 Å². The number of nitrogens with one attached hydrogen (secondary N) is 1. The lowest BCUT2D eigenvalue weighted by molar-refractivity contribution is -0.128. The van der Waals surface area contributed by atoms with Gasteiger partial charge in [-0.3, -0.25) is 4.79 Å². The van der Waals surface area contributed by atoms with Crippen LogP contribution in [0.3, 0.4) is 0 Å². The quantitative estimate of drug-likeness (QED) is 0.807. The molecule has 24 heavy (non-hydrogen) atoms. The molecular formula is C20H25NO3. The van der Waals surface area contributed by atoms with Crippen molar-refractivity contribution in [2.45, 2.75) is 32.8 Å². The molecular weight excluding hydrogens is 302 g/mol. The van der Waals surface area contributed by atoms with Crippen LogP contribution in [0.2, 0.25) is 0 Å². The van der Waals surface area contributed by atoms with E-state index in [1.54, 1.807) is 7.11 Å². The first-order valence-electron chi connectivity index (χ1n) is 8.26. The molecule has 128 valence electrons. The van der Waals surface area contributed by atoms with Crippen molar-refractivity contribution < 1.29 is 14.3 Å². The smallest absolute Gasteiger partial charge is 0.261 e. The number of benzene rings is 2. The second-order valence-electron chi connectivity index (χ2n) is 5.72. The molecule has 1 amide bonds. The van der Waals surface area contributed by atoms with Crippen LogP contribution in [0.5, 0.6) is 11.5 Å². The minimum absolute atomic E-state index is 0.0764. The van der Waals surface area contributed by atoms with Crippen LogP contribution in [-0.4, -0.2) is 25.7 Å². The molecule has 0 heterocycles. The number of rotatable bonds is 8. The molecule has 1 atom stereocenters. The Morgan fingerprint density at radius 1 is 1.12 bits per heavy atom. The Labute approximate surface area is 143 Å². The summed E-state index contributed by atoms with van der Waals surface area (Å²) in [5, 5.41) is 2.95. The molecule has 0 saturated carbocycles. The number of hydrogen-bond acceptors (Lipinski definition) is 3. The molecule has 2 aromatic rings. The molecule has 0 unspecified atom stereocenters. The van der Waals surface area contributed by atoms with Crippen LogP contribution < -0.4 is 14.8 Å². The first-order valence-corrected chi connectivity index (χ1v) is 8.26. The highest BCUT2D eigenvalue weighted by atomic mass is 16.5. The molecule has 1 N–H and O–H groups in total. The second kappa shape index (κ2) is 8.96. The molecule has 0 aliphatic heterocycles. The maximum Gasteiger partial charge on any atom is 0.261 e.